The zero-order valence-corrected chi connectivity index (χ0v) is 17.7. The SMILES string of the molecule is C[C@@H](C(=O)N[C@@H]1CCS(=O)(=O)C1)N1CCN(Cc2cccc3ccccc23)CC1. The maximum atomic E-state index is 12.6. The van der Waals surface area contributed by atoms with Crippen LogP contribution in [0, 0.1) is 0 Å². The minimum Gasteiger partial charge on any atom is -0.351 e. The van der Waals surface area contributed by atoms with Crippen LogP contribution in [0.5, 0.6) is 0 Å². The molecule has 7 heteroatoms. The Kier molecular flexibility index (Phi) is 5.90. The second kappa shape index (κ2) is 8.42. The van der Waals surface area contributed by atoms with E-state index in [1.54, 1.807) is 0 Å². The Bertz CT molecular complexity index is 978. The molecule has 4 rings (SSSR count). The second-order valence-corrected chi connectivity index (χ2v) is 10.5. The van der Waals surface area contributed by atoms with Crippen LogP contribution in [0.15, 0.2) is 42.5 Å². The van der Waals surface area contributed by atoms with Crippen LogP contribution in [-0.4, -0.2) is 73.9 Å². The van der Waals surface area contributed by atoms with E-state index >= 15 is 0 Å². The summed E-state index contributed by atoms with van der Waals surface area (Å²) in [7, 11) is -2.98. The topological polar surface area (TPSA) is 69.7 Å². The highest BCUT2D eigenvalue weighted by Crippen LogP contribution is 2.21. The van der Waals surface area contributed by atoms with Gasteiger partial charge in [0.05, 0.1) is 17.5 Å². The Morgan fingerprint density at radius 2 is 1.83 bits per heavy atom. The smallest absolute Gasteiger partial charge is 0.237 e. The number of nitrogens with zero attached hydrogens (tertiary/aromatic N) is 2. The van der Waals surface area contributed by atoms with E-state index in [1.807, 2.05) is 6.92 Å². The molecule has 2 saturated heterocycles. The third-order valence-electron chi connectivity index (χ3n) is 6.19. The molecule has 156 valence electrons. The molecule has 2 aliphatic rings. The van der Waals surface area contributed by atoms with Gasteiger partial charge in [0, 0.05) is 38.8 Å². The van der Waals surface area contributed by atoms with E-state index in [0.29, 0.717) is 6.42 Å². The summed E-state index contributed by atoms with van der Waals surface area (Å²) in [5.41, 5.74) is 1.34. The molecule has 2 aromatic carbocycles. The van der Waals surface area contributed by atoms with Crippen LogP contribution in [0.4, 0.5) is 0 Å². The van der Waals surface area contributed by atoms with Gasteiger partial charge in [0.1, 0.15) is 0 Å². The molecule has 1 amide bonds. The molecule has 1 N–H and O–H groups in total. The molecular weight excluding hydrogens is 386 g/mol. The highest BCUT2D eigenvalue weighted by atomic mass is 32.2. The van der Waals surface area contributed by atoms with Crippen molar-refractivity contribution in [2.75, 3.05) is 37.7 Å². The molecular formula is C22H29N3O3S. The third kappa shape index (κ3) is 4.79. The van der Waals surface area contributed by atoms with Gasteiger partial charge in [-0.1, -0.05) is 42.5 Å². The average Bonchev–Trinajstić information content (AvgIpc) is 3.06. The minimum atomic E-state index is -2.98. The molecule has 6 nitrogen and oxygen atoms in total. The lowest BCUT2D eigenvalue weighted by molar-refractivity contribution is -0.127. The first-order valence-corrected chi connectivity index (χ1v) is 12.2. The minimum absolute atomic E-state index is 0.0606. The summed E-state index contributed by atoms with van der Waals surface area (Å²) in [5, 5.41) is 5.50. The maximum absolute atomic E-state index is 12.6. The number of hydrogen-bond acceptors (Lipinski definition) is 5. The number of amides is 1. The number of piperazine rings is 1. The molecule has 0 aliphatic carbocycles. The standard InChI is InChI=1S/C22H29N3O3S/c1-17(22(26)23-20-9-14-29(27,28)16-20)25-12-10-24(11-13-25)15-19-7-4-6-18-5-2-3-8-21(18)19/h2-8,17,20H,9-16H2,1H3,(H,23,26)/t17-,20+/m0/s1. The number of rotatable bonds is 5. The van der Waals surface area contributed by atoms with Crippen LogP contribution in [0.3, 0.4) is 0 Å². The van der Waals surface area contributed by atoms with Crippen molar-refractivity contribution in [3.05, 3.63) is 48.0 Å². The lowest BCUT2D eigenvalue weighted by Crippen LogP contribution is -2.54. The zero-order valence-electron chi connectivity index (χ0n) is 16.9. The number of nitrogens with one attached hydrogen (secondary N) is 1. The van der Waals surface area contributed by atoms with Gasteiger partial charge < -0.3 is 5.32 Å². The van der Waals surface area contributed by atoms with Gasteiger partial charge in [-0.3, -0.25) is 14.6 Å². The van der Waals surface area contributed by atoms with Gasteiger partial charge in [-0.25, -0.2) is 8.42 Å². The fourth-order valence-electron chi connectivity index (χ4n) is 4.38. The van der Waals surface area contributed by atoms with Crippen LogP contribution >= 0.6 is 0 Å². The molecule has 2 heterocycles. The first-order valence-electron chi connectivity index (χ1n) is 10.4. The summed E-state index contributed by atoms with van der Waals surface area (Å²) < 4.78 is 23.2. The van der Waals surface area contributed by atoms with Gasteiger partial charge in [0.15, 0.2) is 9.84 Å². The number of benzene rings is 2. The Hall–Kier alpha value is -1.96. The molecule has 29 heavy (non-hydrogen) atoms. The molecule has 0 spiro atoms. The van der Waals surface area contributed by atoms with Crippen LogP contribution in [0.2, 0.25) is 0 Å². The normalized spacial score (nSPS) is 23.8. The largest absolute Gasteiger partial charge is 0.351 e. The molecule has 2 aliphatic heterocycles. The predicted octanol–water partition coefficient (Wildman–Crippen LogP) is 1.65. The number of sulfone groups is 1. The van der Waals surface area contributed by atoms with Gasteiger partial charge in [0.2, 0.25) is 5.91 Å². The first kappa shape index (κ1) is 20.3. The van der Waals surface area contributed by atoms with E-state index in [2.05, 4.69) is 57.6 Å². The Morgan fingerprint density at radius 1 is 1.10 bits per heavy atom. The van der Waals surface area contributed by atoms with Crippen molar-refractivity contribution in [2.45, 2.75) is 32.0 Å². The highest BCUT2D eigenvalue weighted by Gasteiger charge is 2.32. The van der Waals surface area contributed by atoms with Crippen LogP contribution < -0.4 is 5.32 Å². The van der Waals surface area contributed by atoms with E-state index in [1.165, 1.54) is 16.3 Å². The lowest BCUT2D eigenvalue weighted by Gasteiger charge is -2.37. The summed E-state index contributed by atoms with van der Waals surface area (Å²) >= 11 is 0. The summed E-state index contributed by atoms with van der Waals surface area (Å²) in [4.78, 5) is 17.2. The Labute approximate surface area is 172 Å². The van der Waals surface area contributed by atoms with Crippen molar-refractivity contribution in [2.24, 2.45) is 0 Å². The zero-order chi connectivity index (χ0) is 20.4. The molecule has 2 fully saturated rings. The number of carbonyl (C=O) groups is 1. The highest BCUT2D eigenvalue weighted by molar-refractivity contribution is 7.91. The second-order valence-electron chi connectivity index (χ2n) is 8.23. The van der Waals surface area contributed by atoms with E-state index in [0.717, 1.165) is 32.7 Å². The van der Waals surface area contributed by atoms with Crippen LogP contribution in [0.1, 0.15) is 18.9 Å². The molecule has 0 radical (unpaired) electrons. The Morgan fingerprint density at radius 3 is 2.55 bits per heavy atom. The predicted molar refractivity (Wildman–Crippen MR) is 115 cm³/mol. The van der Waals surface area contributed by atoms with Crippen molar-refractivity contribution >= 4 is 26.5 Å². The average molecular weight is 416 g/mol. The fraction of sp³-hybridized carbons (Fsp3) is 0.500. The van der Waals surface area contributed by atoms with E-state index in [9.17, 15) is 13.2 Å². The number of fused-ring (bicyclic) bond motifs is 1. The van der Waals surface area contributed by atoms with Crippen LogP contribution in [0.25, 0.3) is 10.8 Å². The lowest BCUT2D eigenvalue weighted by atomic mass is 10.0. The van der Waals surface area contributed by atoms with Crippen molar-refractivity contribution < 1.29 is 13.2 Å². The van der Waals surface area contributed by atoms with Crippen molar-refractivity contribution in [3.63, 3.8) is 0 Å². The summed E-state index contributed by atoms with van der Waals surface area (Å²) in [5.74, 6) is 0.193. The Balaban J connectivity index is 1.30. The van der Waals surface area contributed by atoms with Crippen LogP contribution in [-0.2, 0) is 21.2 Å². The maximum Gasteiger partial charge on any atom is 0.237 e. The van der Waals surface area contributed by atoms with E-state index in [4.69, 9.17) is 0 Å². The van der Waals surface area contributed by atoms with E-state index in [-0.39, 0.29) is 29.5 Å². The van der Waals surface area contributed by atoms with Crippen molar-refractivity contribution in [1.82, 2.24) is 15.1 Å². The van der Waals surface area contributed by atoms with Gasteiger partial charge >= 0.3 is 0 Å². The molecule has 2 atom stereocenters. The van der Waals surface area contributed by atoms with Crippen molar-refractivity contribution in [3.8, 4) is 0 Å². The van der Waals surface area contributed by atoms with Gasteiger partial charge in [-0.2, -0.15) is 0 Å². The van der Waals surface area contributed by atoms with Gasteiger partial charge in [-0.05, 0) is 29.7 Å². The number of carbonyl (C=O) groups excluding carboxylic acids is 1. The third-order valence-corrected chi connectivity index (χ3v) is 7.95. The first-order chi connectivity index (χ1) is 13.9. The quantitative estimate of drug-likeness (QED) is 0.804. The molecule has 0 aromatic heterocycles. The van der Waals surface area contributed by atoms with Gasteiger partial charge in [0.25, 0.3) is 0 Å². The number of hydrogen-bond donors (Lipinski definition) is 1. The van der Waals surface area contributed by atoms with E-state index < -0.39 is 9.84 Å². The summed E-state index contributed by atoms with van der Waals surface area (Å²) in [6.45, 7) is 6.33. The monoisotopic (exact) mass is 415 g/mol. The molecule has 0 unspecified atom stereocenters. The summed E-state index contributed by atoms with van der Waals surface area (Å²) in [6, 6.07) is 14.5. The molecule has 0 bridgehead atoms. The van der Waals surface area contributed by atoms with Crippen molar-refractivity contribution in [1.29, 1.82) is 0 Å². The molecule has 0 saturated carbocycles. The summed E-state index contributed by atoms with van der Waals surface area (Å²) in [6.07, 6.45) is 0.527. The fourth-order valence-corrected chi connectivity index (χ4v) is 6.05. The van der Waals surface area contributed by atoms with Gasteiger partial charge in [-0.15, -0.1) is 0 Å². The molecule has 2 aromatic rings.